The SMILES string of the molecule is CCOC(=O)C1CCN(c2ccc(F)cc2)C1=O. The van der Waals surface area contributed by atoms with E-state index in [0.717, 1.165) is 0 Å². The Bertz CT molecular complexity index is 458. The quantitative estimate of drug-likeness (QED) is 0.607. The molecule has 2 rings (SSSR count). The van der Waals surface area contributed by atoms with E-state index in [0.29, 0.717) is 18.7 Å². The van der Waals surface area contributed by atoms with Gasteiger partial charge in [-0.25, -0.2) is 4.39 Å². The van der Waals surface area contributed by atoms with Gasteiger partial charge >= 0.3 is 5.97 Å². The third-order valence-electron chi connectivity index (χ3n) is 2.91. The number of hydrogen-bond donors (Lipinski definition) is 0. The van der Waals surface area contributed by atoms with E-state index in [-0.39, 0.29) is 18.3 Å². The van der Waals surface area contributed by atoms with Gasteiger partial charge in [0.05, 0.1) is 6.61 Å². The number of ether oxygens (including phenoxy) is 1. The summed E-state index contributed by atoms with van der Waals surface area (Å²) in [5.74, 6) is -1.84. The van der Waals surface area contributed by atoms with Crippen LogP contribution in [0.3, 0.4) is 0 Å². The standard InChI is InChI=1S/C13H14FNO3/c1-2-18-13(17)11-7-8-15(12(11)16)10-5-3-9(14)4-6-10/h3-6,11H,2,7-8H2,1H3. The summed E-state index contributed by atoms with van der Waals surface area (Å²) < 4.78 is 17.7. The Labute approximate surface area is 104 Å². The Morgan fingerprint density at radius 1 is 1.44 bits per heavy atom. The third-order valence-corrected chi connectivity index (χ3v) is 2.91. The molecule has 1 aromatic rings. The molecular weight excluding hydrogens is 237 g/mol. The van der Waals surface area contributed by atoms with E-state index in [1.807, 2.05) is 0 Å². The van der Waals surface area contributed by atoms with Gasteiger partial charge in [-0.3, -0.25) is 9.59 Å². The molecule has 1 saturated heterocycles. The highest BCUT2D eigenvalue weighted by Crippen LogP contribution is 2.26. The van der Waals surface area contributed by atoms with E-state index in [1.54, 1.807) is 6.92 Å². The van der Waals surface area contributed by atoms with Gasteiger partial charge in [0.1, 0.15) is 11.7 Å². The number of esters is 1. The van der Waals surface area contributed by atoms with Crippen LogP contribution in [0, 0.1) is 11.7 Å². The van der Waals surface area contributed by atoms with Gasteiger partial charge < -0.3 is 9.64 Å². The second-order valence-electron chi connectivity index (χ2n) is 4.06. The lowest BCUT2D eigenvalue weighted by Gasteiger charge is -2.16. The van der Waals surface area contributed by atoms with Crippen molar-refractivity contribution >= 4 is 17.6 Å². The number of benzene rings is 1. The average Bonchev–Trinajstić information content (AvgIpc) is 2.73. The predicted octanol–water partition coefficient (Wildman–Crippen LogP) is 1.74. The molecule has 0 aliphatic carbocycles. The highest BCUT2D eigenvalue weighted by molar-refractivity contribution is 6.08. The van der Waals surface area contributed by atoms with Crippen molar-refractivity contribution in [1.29, 1.82) is 0 Å². The molecule has 0 spiro atoms. The number of hydrogen-bond acceptors (Lipinski definition) is 3. The van der Waals surface area contributed by atoms with Crippen molar-refractivity contribution in [2.75, 3.05) is 18.1 Å². The van der Waals surface area contributed by atoms with Crippen molar-refractivity contribution in [1.82, 2.24) is 0 Å². The van der Waals surface area contributed by atoms with E-state index in [1.165, 1.54) is 29.2 Å². The minimum Gasteiger partial charge on any atom is -0.465 e. The van der Waals surface area contributed by atoms with Crippen LogP contribution in [0.15, 0.2) is 24.3 Å². The molecule has 0 radical (unpaired) electrons. The molecule has 1 aliphatic heterocycles. The van der Waals surface area contributed by atoms with Crippen LogP contribution in [-0.4, -0.2) is 25.0 Å². The molecule has 1 aliphatic rings. The number of nitrogens with zero attached hydrogens (tertiary/aromatic N) is 1. The molecule has 1 aromatic carbocycles. The monoisotopic (exact) mass is 251 g/mol. The highest BCUT2D eigenvalue weighted by Gasteiger charge is 2.38. The van der Waals surface area contributed by atoms with Crippen LogP contribution < -0.4 is 4.90 Å². The molecule has 96 valence electrons. The summed E-state index contributed by atoms with van der Waals surface area (Å²) in [4.78, 5) is 25.1. The molecule has 1 amide bonds. The summed E-state index contributed by atoms with van der Waals surface area (Å²) in [6, 6.07) is 5.64. The van der Waals surface area contributed by atoms with Gasteiger partial charge in [-0.15, -0.1) is 0 Å². The van der Waals surface area contributed by atoms with Crippen molar-refractivity contribution in [2.45, 2.75) is 13.3 Å². The zero-order valence-electron chi connectivity index (χ0n) is 10.1. The minimum absolute atomic E-state index is 0.263. The molecule has 5 heteroatoms. The molecule has 4 nitrogen and oxygen atoms in total. The maximum absolute atomic E-state index is 12.8. The zero-order chi connectivity index (χ0) is 13.1. The first-order chi connectivity index (χ1) is 8.63. The molecule has 1 heterocycles. The van der Waals surface area contributed by atoms with Crippen molar-refractivity contribution in [3.8, 4) is 0 Å². The van der Waals surface area contributed by atoms with E-state index in [4.69, 9.17) is 4.74 Å². The van der Waals surface area contributed by atoms with Crippen LogP contribution in [0.2, 0.25) is 0 Å². The molecule has 18 heavy (non-hydrogen) atoms. The van der Waals surface area contributed by atoms with Crippen LogP contribution >= 0.6 is 0 Å². The number of carbonyl (C=O) groups excluding carboxylic acids is 2. The highest BCUT2D eigenvalue weighted by atomic mass is 19.1. The maximum Gasteiger partial charge on any atom is 0.318 e. The summed E-state index contributed by atoms with van der Waals surface area (Å²) in [5, 5.41) is 0. The summed E-state index contributed by atoms with van der Waals surface area (Å²) in [6.07, 6.45) is 0.440. The second kappa shape index (κ2) is 5.16. The van der Waals surface area contributed by atoms with Gasteiger partial charge in [0.2, 0.25) is 5.91 Å². The Balaban J connectivity index is 2.12. The molecule has 1 atom stereocenters. The van der Waals surface area contributed by atoms with Crippen LogP contribution in [0.25, 0.3) is 0 Å². The summed E-state index contributed by atoms with van der Waals surface area (Å²) >= 11 is 0. The van der Waals surface area contributed by atoms with Crippen LogP contribution in [-0.2, 0) is 14.3 Å². The van der Waals surface area contributed by atoms with Crippen LogP contribution in [0.5, 0.6) is 0 Å². The van der Waals surface area contributed by atoms with Crippen molar-refractivity contribution in [3.63, 3.8) is 0 Å². The summed E-state index contributed by atoms with van der Waals surface area (Å²) in [7, 11) is 0. The topological polar surface area (TPSA) is 46.6 Å². The number of halogens is 1. The lowest BCUT2D eigenvalue weighted by molar-refractivity contribution is -0.150. The number of amides is 1. The van der Waals surface area contributed by atoms with Gasteiger partial charge in [0, 0.05) is 12.2 Å². The largest absolute Gasteiger partial charge is 0.465 e. The van der Waals surface area contributed by atoms with Crippen molar-refractivity contribution < 1.29 is 18.7 Å². The maximum atomic E-state index is 12.8. The summed E-state index contributed by atoms with van der Waals surface area (Å²) in [5.41, 5.74) is 0.605. The first kappa shape index (κ1) is 12.5. The average molecular weight is 251 g/mol. The lowest BCUT2D eigenvalue weighted by atomic mass is 10.1. The number of rotatable bonds is 3. The van der Waals surface area contributed by atoms with E-state index >= 15 is 0 Å². The van der Waals surface area contributed by atoms with Gasteiger partial charge in [-0.05, 0) is 37.6 Å². The zero-order valence-corrected chi connectivity index (χ0v) is 10.1. The van der Waals surface area contributed by atoms with Crippen molar-refractivity contribution in [3.05, 3.63) is 30.1 Å². The van der Waals surface area contributed by atoms with E-state index in [2.05, 4.69) is 0 Å². The Hall–Kier alpha value is -1.91. The molecule has 0 aromatic heterocycles. The molecule has 1 unspecified atom stereocenters. The first-order valence-electron chi connectivity index (χ1n) is 5.87. The van der Waals surface area contributed by atoms with Crippen LogP contribution in [0.1, 0.15) is 13.3 Å². The van der Waals surface area contributed by atoms with Crippen molar-refractivity contribution in [2.24, 2.45) is 5.92 Å². The van der Waals surface area contributed by atoms with E-state index < -0.39 is 11.9 Å². The van der Waals surface area contributed by atoms with Gasteiger partial charge in [0.25, 0.3) is 0 Å². The lowest BCUT2D eigenvalue weighted by Crippen LogP contribution is -2.31. The third kappa shape index (κ3) is 2.34. The molecular formula is C13H14FNO3. The second-order valence-corrected chi connectivity index (χ2v) is 4.06. The molecule has 0 N–H and O–H groups in total. The fourth-order valence-corrected chi connectivity index (χ4v) is 2.02. The van der Waals surface area contributed by atoms with Gasteiger partial charge in [-0.1, -0.05) is 0 Å². The Morgan fingerprint density at radius 2 is 2.11 bits per heavy atom. The number of anilines is 1. The van der Waals surface area contributed by atoms with Crippen LogP contribution in [0.4, 0.5) is 10.1 Å². The minimum atomic E-state index is -0.727. The fraction of sp³-hybridized carbons (Fsp3) is 0.385. The van der Waals surface area contributed by atoms with Gasteiger partial charge in [-0.2, -0.15) is 0 Å². The first-order valence-corrected chi connectivity index (χ1v) is 5.87. The fourth-order valence-electron chi connectivity index (χ4n) is 2.02. The van der Waals surface area contributed by atoms with Gasteiger partial charge in [0.15, 0.2) is 0 Å². The smallest absolute Gasteiger partial charge is 0.318 e. The Kier molecular flexibility index (Phi) is 3.60. The molecule has 1 fully saturated rings. The van der Waals surface area contributed by atoms with E-state index in [9.17, 15) is 14.0 Å². The number of carbonyl (C=O) groups is 2. The molecule has 0 bridgehead atoms. The summed E-state index contributed by atoms with van der Waals surface area (Å²) in [6.45, 7) is 2.42. The predicted molar refractivity (Wildman–Crippen MR) is 63.5 cm³/mol. The molecule has 0 saturated carbocycles. The Morgan fingerprint density at radius 3 is 2.72 bits per heavy atom. The normalized spacial score (nSPS) is 19.1.